The second-order valence-electron chi connectivity index (χ2n) is 10.7. The number of carbonyl (C=O) groups is 2. The molecule has 0 bridgehead atoms. The van der Waals surface area contributed by atoms with Crippen LogP contribution in [0, 0.1) is 22.7 Å². The van der Waals surface area contributed by atoms with Crippen molar-refractivity contribution in [1.82, 2.24) is 19.9 Å². The number of rotatable bonds is 8. The molecule has 1 unspecified atom stereocenters. The lowest BCUT2D eigenvalue weighted by atomic mass is 10.1. The Hall–Kier alpha value is -5.31. The van der Waals surface area contributed by atoms with Gasteiger partial charge in [-0.3, -0.25) is 9.69 Å². The summed E-state index contributed by atoms with van der Waals surface area (Å²) in [6.07, 6.45) is 1.98. The van der Waals surface area contributed by atoms with Crippen LogP contribution in [0.2, 0.25) is 0 Å². The molecule has 0 saturated heterocycles. The molecule has 0 spiro atoms. The maximum Gasteiger partial charge on any atom is 0.410 e. The molecule has 0 radical (unpaired) electrons. The third-order valence-electron chi connectivity index (χ3n) is 6.26. The van der Waals surface area contributed by atoms with Crippen LogP contribution >= 0.6 is 0 Å². The molecule has 0 fully saturated rings. The number of carbonyl (C=O) groups excluding carboxylic acids is 2. The minimum absolute atomic E-state index is 0.191. The summed E-state index contributed by atoms with van der Waals surface area (Å²) in [5.41, 5.74) is 4.05. The van der Waals surface area contributed by atoms with Crippen molar-refractivity contribution < 1.29 is 14.3 Å². The zero-order valence-electron chi connectivity index (χ0n) is 25.6. The van der Waals surface area contributed by atoms with Crippen molar-refractivity contribution in [3.63, 3.8) is 0 Å². The summed E-state index contributed by atoms with van der Waals surface area (Å²) in [4.78, 5) is 40.2. The number of aromatic nitrogens is 3. The van der Waals surface area contributed by atoms with E-state index in [0.717, 1.165) is 5.69 Å². The second-order valence-corrected chi connectivity index (χ2v) is 10.7. The van der Waals surface area contributed by atoms with E-state index in [4.69, 9.17) is 15.6 Å². The predicted molar refractivity (Wildman–Crippen MR) is 169 cm³/mol. The number of amides is 2. The van der Waals surface area contributed by atoms with Gasteiger partial charge in [0.1, 0.15) is 35.2 Å². The van der Waals surface area contributed by atoms with Gasteiger partial charge in [0.15, 0.2) is 0 Å². The van der Waals surface area contributed by atoms with E-state index in [0.29, 0.717) is 39.5 Å². The first-order valence-corrected chi connectivity index (χ1v) is 13.5. The first-order chi connectivity index (χ1) is 20.3. The molecule has 12 heteroatoms. The van der Waals surface area contributed by atoms with Gasteiger partial charge in [-0.2, -0.15) is 0 Å². The van der Waals surface area contributed by atoms with Crippen molar-refractivity contribution in [3.05, 3.63) is 59.2 Å². The van der Waals surface area contributed by atoms with Crippen LogP contribution in [0.15, 0.2) is 36.7 Å². The summed E-state index contributed by atoms with van der Waals surface area (Å²) >= 11 is 0. The number of nitrogens with zero attached hydrogens (tertiary/aromatic N) is 4. The number of hydrogen-bond acceptors (Lipinski definition) is 10. The van der Waals surface area contributed by atoms with Crippen LogP contribution in [0.1, 0.15) is 57.1 Å². The molecule has 0 aliphatic rings. The van der Waals surface area contributed by atoms with E-state index >= 15 is 0 Å². The minimum Gasteiger partial charge on any atom is -0.444 e. The number of likely N-dealkylation sites (N-methyl/N-ethyl adjacent to an activating group) is 1. The lowest BCUT2D eigenvalue weighted by Crippen LogP contribution is -2.45. The highest BCUT2D eigenvalue weighted by atomic mass is 16.6. The Morgan fingerprint density at radius 1 is 1.09 bits per heavy atom. The van der Waals surface area contributed by atoms with Gasteiger partial charge >= 0.3 is 6.09 Å². The molecule has 0 saturated carbocycles. The Labute approximate surface area is 251 Å². The van der Waals surface area contributed by atoms with Gasteiger partial charge in [0.2, 0.25) is 5.91 Å². The van der Waals surface area contributed by atoms with Gasteiger partial charge in [-0.15, -0.1) is 0 Å². The monoisotopic (exact) mass is 583 g/mol. The minimum atomic E-state index is -0.876. The predicted octanol–water partition coefficient (Wildman–Crippen LogP) is 4.60. The Bertz CT molecular complexity index is 1620. The summed E-state index contributed by atoms with van der Waals surface area (Å²) in [6, 6.07) is 7.95. The van der Waals surface area contributed by atoms with Crippen LogP contribution in [0.3, 0.4) is 0 Å². The number of benzene rings is 1. The smallest absolute Gasteiger partial charge is 0.410 e. The molecule has 1 atom stereocenters. The SMILES string of the molecule is CNc1ccc(C#Cc2cc(-c3ncnc(C(C)=N)c3NC)cc(NC(=O)C(C)N(C)C(=O)OC(C)(C)C)n2)cc1C=N. The fourth-order valence-corrected chi connectivity index (χ4v) is 3.94. The van der Waals surface area contributed by atoms with Gasteiger partial charge in [-0.1, -0.05) is 5.92 Å². The summed E-state index contributed by atoms with van der Waals surface area (Å²) in [7, 11) is 4.98. The molecule has 5 N–H and O–H groups in total. The van der Waals surface area contributed by atoms with Crippen LogP contribution in [-0.2, 0) is 9.53 Å². The Balaban J connectivity index is 2.07. The van der Waals surface area contributed by atoms with Gasteiger partial charge in [0, 0.05) is 49.7 Å². The van der Waals surface area contributed by atoms with E-state index < -0.39 is 23.6 Å². The molecule has 43 heavy (non-hydrogen) atoms. The molecule has 2 aromatic heterocycles. The van der Waals surface area contributed by atoms with Gasteiger partial charge in [0.25, 0.3) is 0 Å². The zero-order valence-corrected chi connectivity index (χ0v) is 25.6. The van der Waals surface area contributed by atoms with Crippen LogP contribution in [0.4, 0.5) is 22.0 Å². The fraction of sp³-hybridized carbons (Fsp3) is 0.323. The Morgan fingerprint density at radius 2 is 1.81 bits per heavy atom. The summed E-state index contributed by atoms with van der Waals surface area (Å²) < 4.78 is 5.39. The van der Waals surface area contributed by atoms with Gasteiger partial charge in [0.05, 0.1) is 17.1 Å². The van der Waals surface area contributed by atoms with E-state index in [1.165, 1.54) is 24.5 Å². The van der Waals surface area contributed by atoms with Crippen LogP contribution in [0.25, 0.3) is 11.3 Å². The molecule has 3 aromatic rings. The summed E-state index contributed by atoms with van der Waals surface area (Å²) in [5.74, 6) is 5.83. The largest absolute Gasteiger partial charge is 0.444 e. The average molecular weight is 584 g/mol. The summed E-state index contributed by atoms with van der Waals surface area (Å²) in [6.45, 7) is 8.47. The van der Waals surface area contributed by atoms with E-state index in [1.54, 1.807) is 66.9 Å². The topological polar surface area (TPSA) is 169 Å². The summed E-state index contributed by atoms with van der Waals surface area (Å²) in [5, 5.41) is 24.7. The van der Waals surface area contributed by atoms with Crippen molar-refractivity contribution in [1.29, 1.82) is 10.8 Å². The fourth-order valence-electron chi connectivity index (χ4n) is 3.94. The quantitative estimate of drug-likeness (QED) is 0.189. The van der Waals surface area contributed by atoms with E-state index in [1.807, 2.05) is 12.1 Å². The lowest BCUT2D eigenvalue weighted by molar-refractivity contribution is -0.120. The van der Waals surface area contributed by atoms with Crippen LogP contribution < -0.4 is 16.0 Å². The third kappa shape index (κ3) is 8.13. The Kier molecular flexibility index (Phi) is 10.2. The van der Waals surface area contributed by atoms with Crippen LogP contribution in [0.5, 0.6) is 0 Å². The molecule has 1 aromatic carbocycles. The molecular weight excluding hydrogens is 546 g/mol. The molecule has 2 amide bonds. The highest BCUT2D eigenvalue weighted by molar-refractivity contribution is 6.02. The second kappa shape index (κ2) is 13.6. The molecule has 224 valence electrons. The molecule has 12 nitrogen and oxygen atoms in total. The van der Waals surface area contributed by atoms with Crippen molar-refractivity contribution in [2.75, 3.05) is 37.1 Å². The molecule has 2 heterocycles. The van der Waals surface area contributed by atoms with Crippen molar-refractivity contribution >= 4 is 41.1 Å². The van der Waals surface area contributed by atoms with E-state index in [-0.39, 0.29) is 11.5 Å². The average Bonchev–Trinajstić information content (AvgIpc) is 2.97. The van der Waals surface area contributed by atoms with Crippen molar-refractivity contribution in [3.8, 4) is 23.1 Å². The van der Waals surface area contributed by atoms with Crippen molar-refractivity contribution in [2.45, 2.75) is 46.3 Å². The molecular formula is C31H37N9O3. The first kappa shape index (κ1) is 32.2. The number of ether oxygens (including phenoxy) is 1. The molecule has 3 rings (SSSR count). The van der Waals surface area contributed by atoms with E-state index in [2.05, 4.69) is 42.7 Å². The highest BCUT2D eigenvalue weighted by Gasteiger charge is 2.27. The zero-order chi connectivity index (χ0) is 31.9. The maximum absolute atomic E-state index is 13.2. The number of hydrogen-bond donors (Lipinski definition) is 5. The maximum atomic E-state index is 13.2. The highest BCUT2D eigenvalue weighted by Crippen LogP contribution is 2.30. The first-order valence-electron chi connectivity index (χ1n) is 13.5. The standard InChI is InChI=1S/C31H37N9O3/c1-18(33)26-28(35-7)27(37-17-36-26)21-14-23(11-9-20-10-12-24(34-6)22(13-20)16-32)38-25(15-21)39-29(41)19(2)40(8)30(42)43-31(3,4)5/h10,12-17,19,32-35H,1-8H3,(H,38,39,41). The lowest BCUT2D eigenvalue weighted by Gasteiger charge is -2.28. The van der Waals surface area contributed by atoms with Gasteiger partial charge in [-0.25, -0.2) is 19.7 Å². The number of anilines is 3. The van der Waals surface area contributed by atoms with Crippen LogP contribution in [-0.4, -0.2) is 76.6 Å². The van der Waals surface area contributed by atoms with E-state index in [9.17, 15) is 9.59 Å². The number of nitrogens with one attached hydrogen (secondary N) is 5. The third-order valence-corrected chi connectivity index (χ3v) is 6.26. The molecule has 0 aliphatic carbocycles. The number of pyridine rings is 1. The van der Waals surface area contributed by atoms with Gasteiger partial charge in [-0.05, 0) is 70.9 Å². The molecule has 0 aliphatic heterocycles. The normalized spacial score (nSPS) is 11.3. The van der Waals surface area contributed by atoms with Gasteiger partial charge < -0.3 is 31.5 Å². The van der Waals surface area contributed by atoms with Crippen molar-refractivity contribution in [2.24, 2.45) is 0 Å². The Morgan fingerprint density at radius 3 is 2.42 bits per heavy atom.